The maximum atomic E-state index is 8.80. The number of hydrogen-bond donors (Lipinski definition) is 0. The SMILES string of the molecule is Cl.N#Cc1ccc(-n2nnnc2CN2CCCC2)cc1. The number of likely N-dealkylation sites (tertiary alicyclic amines) is 1. The third-order valence-electron chi connectivity index (χ3n) is 3.34. The van der Waals surface area contributed by atoms with Gasteiger partial charge in [0.1, 0.15) is 0 Å². The van der Waals surface area contributed by atoms with Crippen LogP contribution in [0.25, 0.3) is 5.69 Å². The number of tetrazole rings is 1. The Bertz CT molecular complexity index is 594. The Kier molecular flexibility index (Phi) is 4.66. The van der Waals surface area contributed by atoms with Gasteiger partial charge in [0, 0.05) is 0 Å². The quantitative estimate of drug-likeness (QED) is 0.858. The molecule has 20 heavy (non-hydrogen) atoms. The van der Waals surface area contributed by atoms with Gasteiger partial charge in [-0.05, 0) is 60.6 Å². The van der Waals surface area contributed by atoms with Gasteiger partial charge >= 0.3 is 0 Å². The molecule has 1 saturated heterocycles. The summed E-state index contributed by atoms with van der Waals surface area (Å²) in [5.74, 6) is 0.839. The van der Waals surface area contributed by atoms with Crippen LogP contribution < -0.4 is 0 Å². The highest BCUT2D eigenvalue weighted by Gasteiger charge is 2.16. The Morgan fingerprint density at radius 3 is 2.50 bits per heavy atom. The molecule has 0 unspecified atom stereocenters. The third kappa shape index (κ3) is 2.95. The van der Waals surface area contributed by atoms with Crippen LogP contribution in [0.3, 0.4) is 0 Å². The van der Waals surface area contributed by atoms with E-state index in [-0.39, 0.29) is 12.4 Å². The van der Waals surface area contributed by atoms with E-state index in [9.17, 15) is 0 Å². The first-order valence-electron chi connectivity index (χ1n) is 6.37. The number of nitriles is 1. The lowest BCUT2D eigenvalue weighted by Crippen LogP contribution is -2.21. The summed E-state index contributed by atoms with van der Waals surface area (Å²) in [5, 5.41) is 20.7. The molecular weight excluding hydrogens is 276 g/mol. The molecule has 0 atom stereocenters. The van der Waals surface area contributed by atoms with E-state index in [1.807, 2.05) is 12.1 Å². The van der Waals surface area contributed by atoms with Crippen molar-refractivity contribution < 1.29 is 0 Å². The van der Waals surface area contributed by atoms with E-state index in [0.29, 0.717) is 5.56 Å². The van der Waals surface area contributed by atoms with E-state index in [0.717, 1.165) is 31.1 Å². The molecule has 0 bridgehead atoms. The van der Waals surface area contributed by atoms with Crippen LogP contribution in [0.1, 0.15) is 24.2 Å². The van der Waals surface area contributed by atoms with Crippen LogP contribution in [-0.2, 0) is 6.54 Å². The fraction of sp³-hybridized carbons (Fsp3) is 0.385. The van der Waals surface area contributed by atoms with Crippen LogP contribution in [0.2, 0.25) is 0 Å². The number of benzene rings is 1. The van der Waals surface area contributed by atoms with Crippen LogP contribution in [0.15, 0.2) is 24.3 Å². The maximum Gasteiger partial charge on any atom is 0.170 e. The molecule has 0 N–H and O–H groups in total. The summed E-state index contributed by atoms with van der Waals surface area (Å²) in [6.45, 7) is 2.99. The largest absolute Gasteiger partial charge is 0.296 e. The molecule has 1 aliphatic heterocycles. The van der Waals surface area contributed by atoms with E-state index in [1.54, 1.807) is 16.8 Å². The lowest BCUT2D eigenvalue weighted by atomic mass is 10.2. The van der Waals surface area contributed by atoms with Crippen molar-refractivity contribution in [3.05, 3.63) is 35.7 Å². The molecule has 2 heterocycles. The second kappa shape index (κ2) is 6.46. The standard InChI is InChI=1S/C13H14N6.ClH/c14-9-11-3-5-12(6-4-11)19-13(15-16-17-19)10-18-7-1-2-8-18;/h3-6H,1-2,7-8,10H2;1H. The highest BCUT2D eigenvalue weighted by molar-refractivity contribution is 5.85. The Morgan fingerprint density at radius 2 is 1.85 bits per heavy atom. The zero-order chi connectivity index (χ0) is 13.1. The fourth-order valence-corrected chi connectivity index (χ4v) is 2.32. The predicted octanol–water partition coefficient (Wildman–Crippen LogP) is 1.55. The molecule has 0 amide bonds. The number of aromatic nitrogens is 4. The Labute approximate surface area is 123 Å². The van der Waals surface area contributed by atoms with Crippen molar-refractivity contribution in [3.8, 4) is 11.8 Å². The minimum Gasteiger partial charge on any atom is -0.296 e. The molecule has 7 heteroatoms. The van der Waals surface area contributed by atoms with Crippen LogP contribution >= 0.6 is 12.4 Å². The van der Waals surface area contributed by atoms with Crippen LogP contribution in [-0.4, -0.2) is 38.2 Å². The third-order valence-corrected chi connectivity index (χ3v) is 3.34. The van der Waals surface area contributed by atoms with Gasteiger partial charge in [-0.3, -0.25) is 4.90 Å². The van der Waals surface area contributed by atoms with Crippen LogP contribution in [0, 0.1) is 11.3 Å². The van der Waals surface area contributed by atoms with Crippen molar-refractivity contribution in [2.24, 2.45) is 0 Å². The molecule has 0 aliphatic carbocycles. The van der Waals surface area contributed by atoms with Gasteiger partial charge in [-0.2, -0.15) is 9.94 Å². The Balaban J connectivity index is 0.00000147. The van der Waals surface area contributed by atoms with Gasteiger partial charge in [0.25, 0.3) is 0 Å². The molecule has 0 spiro atoms. The average molecular weight is 291 g/mol. The summed E-state index contributed by atoms with van der Waals surface area (Å²) >= 11 is 0. The van der Waals surface area contributed by atoms with Crippen molar-refractivity contribution in [2.45, 2.75) is 19.4 Å². The highest BCUT2D eigenvalue weighted by atomic mass is 35.5. The summed E-state index contributed by atoms with van der Waals surface area (Å²) in [6.07, 6.45) is 2.50. The van der Waals surface area contributed by atoms with Crippen molar-refractivity contribution in [1.29, 1.82) is 5.26 Å². The monoisotopic (exact) mass is 290 g/mol. The van der Waals surface area contributed by atoms with E-state index < -0.39 is 0 Å². The minimum absolute atomic E-state index is 0. The van der Waals surface area contributed by atoms with Gasteiger partial charge in [-0.25, -0.2) is 0 Å². The summed E-state index contributed by atoms with van der Waals surface area (Å²) in [7, 11) is 0. The normalized spacial score (nSPS) is 14.8. The van der Waals surface area contributed by atoms with Gasteiger partial charge < -0.3 is 0 Å². The van der Waals surface area contributed by atoms with E-state index in [1.165, 1.54) is 12.8 Å². The summed E-state index contributed by atoms with van der Waals surface area (Å²) in [4.78, 5) is 2.35. The van der Waals surface area contributed by atoms with E-state index in [2.05, 4.69) is 26.5 Å². The lowest BCUT2D eigenvalue weighted by Gasteiger charge is -2.13. The van der Waals surface area contributed by atoms with Crippen LogP contribution in [0.4, 0.5) is 0 Å². The number of halogens is 1. The molecule has 1 aromatic heterocycles. The second-order valence-corrected chi connectivity index (χ2v) is 4.65. The Hall–Kier alpha value is -1.97. The topological polar surface area (TPSA) is 70.6 Å². The summed E-state index contributed by atoms with van der Waals surface area (Å²) < 4.78 is 1.74. The lowest BCUT2D eigenvalue weighted by molar-refractivity contribution is 0.319. The first-order valence-corrected chi connectivity index (χ1v) is 6.37. The number of hydrogen-bond acceptors (Lipinski definition) is 5. The van der Waals surface area contributed by atoms with Gasteiger partial charge in [-0.1, -0.05) is 0 Å². The van der Waals surface area contributed by atoms with Crippen LogP contribution in [0.5, 0.6) is 0 Å². The van der Waals surface area contributed by atoms with Crippen molar-refractivity contribution >= 4 is 12.4 Å². The molecule has 1 fully saturated rings. The Morgan fingerprint density at radius 1 is 1.15 bits per heavy atom. The van der Waals surface area contributed by atoms with E-state index >= 15 is 0 Å². The van der Waals surface area contributed by atoms with Gasteiger partial charge in [-0.15, -0.1) is 17.5 Å². The predicted molar refractivity (Wildman–Crippen MR) is 75.6 cm³/mol. The molecule has 3 rings (SSSR count). The van der Waals surface area contributed by atoms with Gasteiger partial charge in [0.2, 0.25) is 0 Å². The summed E-state index contributed by atoms with van der Waals surface area (Å²) in [5.41, 5.74) is 1.52. The first-order chi connectivity index (χ1) is 9.36. The molecule has 104 valence electrons. The first kappa shape index (κ1) is 14.4. The summed E-state index contributed by atoms with van der Waals surface area (Å²) in [6, 6.07) is 9.38. The van der Waals surface area contributed by atoms with Gasteiger partial charge in [0.05, 0.1) is 23.9 Å². The zero-order valence-electron chi connectivity index (χ0n) is 10.9. The molecular formula is C13H15ClN6. The highest BCUT2D eigenvalue weighted by Crippen LogP contribution is 2.14. The van der Waals surface area contributed by atoms with Gasteiger partial charge in [0.15, 0.2) is 5.82 Å². The molecule has 6 nitrogen and oxygen atoms in total. The molecule has 2 aromatic rings. The van der Waals surface area contributed by atoms with Crippen molar-refractivity contribution in [2.75, 3.05) is 13.1 Å². The molecule has 1 aromatic carbocycles. The maximum absolute atomic E-state index is 8.80. The molecule has 1 aliphatic rings. The molecule has 0 radical (unpaired) electrons. The van der Waals surface area contributed by atoms with Crippen molar-refractivity contribution in [3.63, 3.8) is 0 Å². The second-order valence-electron chi connectivity index (χ2n) is 4.65. The average Bonchev–Trinajstić information content (AvgIpc) is 3.11. The fourth-order valence-electron chi connectivity index (χ4n) is 2.32. The molecule has 0 saturated carbocycles. The zero-order valence-corrected chi connectivity index (χ0v) is 11.8. The smallest absolute Gasteiger partial charge is 0.170 e. The van der Waals surface area contributed by atoms with E-state index in [4.69, 9.17) is 5.26 Å². The van der Waals surface area contributed by atoms with Crippen molar-refractivity contribution in [1.82, 2.24) is 25.1 Å². The number of nitrogens with zero attached hydrogens (tertiary/aromatic N) is 6. The number of rotatable bonds is 3. The minimum atomic E-state index is 0.